The van der Waals surface area contributed by atoms with Gasteiger partial charge in [-0.1, -0.05) is 34.1 Å². The van der Waals surface area contributed by atoms with Crippen molar-refractivity contribution >= 4 is 27.5 Å². The third kappa shape index (κ3) is 2.67. The zero-order valence-electron chi connectivity index (χ0n) is 13.5. The van der Waals surface area contributed by atoms with E-state index >= 15 is 0 Å². The van der Waals surface area contributed by atoms with Gasteiger partial charge < -0.3 is 4.90 Å². The molecule has 5 heteroatoms. The van der Waals surface area contributed by atoms with E-state index in [0.29, 0.717) is 12.2 Å². The Kier molecular flexibility index (Phi) is 3.96. The van der Waals surface area contributed by atoms with Crippen LogP contribution in [0.15, 0.2) is 45.9 Å². The number of hydrogen-bond acceptors (Lipinski definition) is 3. The van der Waals surface area contributed by atoms with E-state index in [4.69, 9.17) is 0 Å². The van der Waals surface area contributed by atoms with Gasteiger partial charge in [0, 0.05) is 16.6 Å². The lowest BCUT2D eigenvalue weighted by atomic mass is 10.0. The summed E-state index contributed by atoms with van der Waals surface area (Å²) in [7, 11) is 0. The van der Waals surface area contributed by atoms with Crippen LogP contribution in [0.5, 0.6) is 0 Å². The number of aromatic nitrogens is 1. The van der Waals surface area contributed by atoms with Crippen LogP contribution >= 0.6 is 15.9 Å². The van der Waals surface area contributed by atoms with Gasteiger partial charge in [-0.05, 0) is 43.5 Å². The van der Waals surface area contributed by atoms with Gasteiger partial charge in [-0.3, -0.25) is 9.79 Å². The number of carbonyl (C=O) groups excluding carboxylic acids is 1. The first-order chi connectivity index (χ1) is 11.6. The Balaban J connectivity index is 1.63. The largest absolute Gasteiger partial charge is 0.330 e. The van der Waals surface area contributed by atoms with E-state index < -0.39 is 0 Å². The second-order valence-electron chi connectivity index (χ2n) is 6.31. The fourth-order valence-electron chi connectivity index (χ4n) is 3.51. The van der Waals surface area contributed by atoms with Gasteiger partial charge in [0.2, 0.25) is 0 Å². The van der Waals surface area contributed by atoms with Gasteiger partial charge in [0.25, 0.3) is 5.91 Å². The molecule has 3 heterocycles. The fraction of sp³-hybridized carbons (Fsp3) is 0.316. The van der Waals surface area contributed by atoms with Gasteiger partial charge in [0.1, 0.15) is 5.69 Å². The number of hydrogen-bond donors (Lipinski definition) is 0. The Morgan fingerprint density at radius 3 is 2.79 bits per heavy atom. The number of pyridine rings is 1. The number of nitrogens with zero attached hydrogens (tertiary/aromatic N) is 3. The number of fused-ring (bicyclic) bond motifs is 1. The van der Waals surface area contributed by atoms with Gasteiger partial charge in [-0.15, -0.1) is 0 Å². The van der Waals surface area contributed by atoms with Crippen molar-refractivity contribution in [2.24, 2.45) is 4.99 Å². The minimum absolute atomic E-state index is 0.0166. The topological polar surface area (TPSA) is 45.6 Å². The molecule has 24 heavy (non-hydrogen) atoms. The molecule has 1 aromatic carbocycles. The molecule has 0 saturated carbocycles. The van der Waals surface area contributed by atoms with Crippen molar-refractivity contribution in [2.75, 3.05) is 6.54 Å². The number of carbonyl (C=O) groups is 1. The summed E-state index contributed by atoms with van der Waals surface area (Å²) in [6.07, 6.45) is 2.02. The maximum Gasteiger partial charge on any atom is 0.272 e. The minimum atomic E-state index is 0.0166. The molecule has 0 N–H and O–H groups in total. The summed E-state index contributed by atoms with van der Waals surface area (Å²) in [5.41, 5.74) is 4.61. The smallest absolute Gasteiger partial charge is 0.272 e. The lowest BCUT2D eigenvalue weighted by Crippen LogP contribution is -2.31. The molecular formula is C19H18BrN3O. The normalized spacial score (nSPS) is 19.3. The van der Waals surface area contributed by atoms with Crippen molar-refractivity contribution in [1.82, 2.24) is 9.88 Å². The third-order valence-corrected chi connectivity index (χ3v) is 5.32. The molecule has 4 nitrogen and oxygen atoms in total. The molecular weight excluding hydrogens is 366 g/mol. The minimum Gasteiger partial charge on any atom is -0.330 e. The first-order valence-electron chi connectivity index (χ1n) is 8.21. The van der Waals surface area contributed by atoms with Crippen LogP contribution in [-0.2, 0) is 6.54 Å². The first kappa shape index (κ1) is 15.5. The summed E-state index contributed by atoms with van der Waals surface area (Å²) in [5, 5.41) is 0. The molecule has 0 unspecified atom stereocenters. The van der Waals surface area contributed by atoms with Crippen LogP contribution < -0.4 is 0 Å². The van der Waals surface area contributed by atoms with Crippen molar-refractivity contribution in [3.8, 4) is 0 Å². The molecule has 1 amide bonds. The average Bonchev–Trinajstić information content (AvgIpc) is 3.22. The standard InChI is InChI=1S/C19H18BrN3O/c1-12-18-14(11-21-12)6-9-16(22-18)19(24)23-10-2-3-17(23)13-4-7-15(20)8-5-13/h4-9,17H,2-3,10-11H2,1H3/t17-/m1/s1. The zero-order valence-corrected chi connectivity index (χ0v) is 15.1. The molecule has 4 rings (SSSR count). The highest BCUT2D eigenvalue weighted by atomic mass is 79.9. The zero-order chi connectivity index (χ0) is 16.7. The molecule has 0 bridgehead atoms. The van der Waals surface area contributed by atoms with Gasteiger partial charge >= 0.3 is 0 Å². The summed E-state index contributed by atoms with van der Waals surface area (Å²) in [6, 6.07) is 12.2. The fourth-order valence-corrected chi connectivity index (χ4v) is 3.78. The molecule has 0 radical (unpaired) electrons. The second-order valence-corrected chi connectivity index (χ2v) is 7.23. The summed E-state index contributed by atoms with van der Waals surface area (Å²) >= 11 is 3.47. The predicted molar refractivity (Wildman–Crippen MR) is 97.3 cm³/mol. The quantitative estimate of drug-likeness (QED) is 0.781. The number of amides is 1. The molecule has 0 aliphatic carbocycles. The highest BCUT2D eigenvalue weighted by Gasteiger charge is 2.31. The Morgan fingerprint density at radius 1 is 1.21 bits per heavy atom. The SMILES string of the molecule is CC1=NCc2ccc(C(=O)N3CCC[C@@H]3c3ccc(Br)cc3)nc21. The molecule has 2 aromatic rings. The summed E-state index contributed by atoms with van der Waals surface area (Å²) in [5.74, 6) is 0.0166. The summed E-state index contributed by atoms with van der Waals surface area (Å²) < 4.78 is 1.05. The highest BCUT2D eigenvalue weighted by Crippen LogP contribution is 2.33. The Hall–Kier alpha value is -2.01. The lowest BCUT2D eigenvalue weighted by molar-refractivity contribution is 0.0729. The molecule has 1 saturated heterocycles. The van der Waals surface area contributed by atoms with E-state index in [1.807, 2.05) is 36.1 Å². The number of rotatable bonds is 2. The lowest BCUT2D eigenvalue weighted by Gasteiger charge is -2.25. The van der Waals surface area contributed by atoms with Gasteiger partial charge in [0.05, 0.1) is 24.0 Å². The van der Waals surface area contributed by atoms with E-state index in [-0.39, 0.29) is 11.9 Å². The van der Waals surface area contributed by atoms with E-state index in [9.17, 15) is 4.79 Å². The van der Waals surface area contributed by atoms with Crippen LogP contribution in [0.2, 0.25) is 0 Å². The number of benzene rings is 1. The van der Waals surface area contributed by atoms with Crippen LogP contribution in [0.25, 0.3) is 0 Å². The molecule has 0 spiro atoms. The molecule has 1 aromatic heterocycles. The summed E-state index contributed by atoms with van der Waals surface area (Å²) in [4.78, 5) is 24.0. The van der Waals surface area contributed by atoms with E-state index in [1.54, 1.807) is 0 Å². The third-order valence-electron chi connectivity index (χ3n) is 4.80. The van der Waals surface area contributed by atoms with Crippen molar-refractivity contribution in [3.63, 3.8) is 0 Å². The molecule has 2 aliphatic heterocycles. The van der Waals surface area contributed by atoms with Gasteiger partial charge in [-0.25, -0.2) is 4.98 Å². The molecule has 2 aliphatic rings. The Labute approximate surface area is 149 Å². The second kappa shape index (κ2) is 6.13. The predicted octanol–water partition coefficient (Wildman–Crippen LogP) is 4.14. The summed E-state index contributed by atoms with van der Waals surface area (Å²) in [6.45, 7) is 3.41. The van der Waals surface area contributed by atoms with Crippen LogP contribution in [0.1, 0.15) is 53.1 Å². The number of aliphatic imine (C=N–C) groups is 1. The van der Waals surface area contributed by atoms with E-state index in [2.05, 4.69) is 38.0 Å². The van der Waals surface area contributed by atoms with Crippen molar-refractivity contribution in [1.29, 1.82) is 0 Å². The highest BCUT2D eigenvalue weighted by molar-refractivity contribution is 9.10. The van der Waals surface area contributed by atoms with Gasteiger partial charge in [0.15, 0.2) is 0 Å². The molecule has 1 atom stereocenters. The van der Waals surface area contributed by atoms with E-state index in [1.165, 1.54) is 5.56 Å². The molecule has 1 fully saturated rings. The number of halogens is 1. The van der Waals surface area contributed by atoms with Crippen molar-refractivity contribution in [2.45, 2.75) is 32.4 Å². The maximum atomic E-state index is 13.0. The van der Waals surface area contributed by atoms with Gasteiger partial charge in [-0.2, -0.15) is 0 Å². The first-order valence-corrected chi connectivity index (χ1v) is 9.00. The van der Waals surface area contributed by atoms with Crippen molar-refractivity contribution < 1.29 is 4.79 Å². The van der Waals surface area contributed by atoms with Crippen LogP contribution in [0.3, 0.4) is 0 Å². The monoisotopic (exact) mass is 383 g/mol. The average molecular weight is 384 g/mol. The van der Waals surface area contributed by atoms with Crippen LogP contribution in [0, 0.1) is 0 Å². The Bertz CT molecular complexity index is 829. The van der Waals surface area contributed by atoms with Crippen molar-refractivity contribution in [3.05, 3.63) is 63.4 Å². The number of likely N-dealkylation sites (tertiary alicyclic amines) is 1. The maximum absolute atomic E-state index is 13.0. The molecule has 122 valence electrons. The van der Waals surface area contributed by atoms with Crippen LogP contribution in [-0.4, -0.2) is 28.0 Å². The Morgan fingerprint density at radius 2 is 2.00 bits per heavy atom. The van der Waals surface area contributed by atoms with Crippen LogP contribution in [0.4, 0.5) is 0 Å². The van der Waals surface area contributed by atoms with E-state index in [0.717, 1.165) is 40.8 Å².